The van der Waals surface area contributed by atoms with Gasteiger partial charge in [-0.1, -0.05) is 66.4 Å². The van der Waals surface area contributed by atoms with Gasteiger partial charge >= 0.3 is 0 Å². The molecule has 0 aliphatic carbocycles. The number of hydrogen-bond acceptors (Lipinski definition) is 7. The molecule has 1 atom stereocenters. The molecule has 0 amide bonds. The first kappa shape index (κ1) is 17.2. The van der Waals surface area contributed by atoms with Crippen molar-refractivity contribution >= 4 is 28.8 Å². The van der Waals surface area contributed by atoms with Crippen LogP contribution in [-0.2, 0) is 5.75 Å². The largest absolute Gasteiger partial charge is 0.447 e. The van der Waals surface area contributed by atoms with E-state index in [0.717, 1.165) is 21.9 Å². The van der Waals surface area contributed by atoms with Gasteiger partial charge in [0.2, 0.25) is 17.3 Å². The third-order valence-corrected chi connectivity index (χ3v) is 6.17. The first-order chi connectivity index (χ1) is 13.9. The van der Waals surface area contributed by atoms with Crippen molar-refractivity contribution in [3.8, 4) is 17.1 Å². The van der Waals surface area contributed by atoms with E-state index in [1.165, 1.54) is 5.56 Å². The highest BCUT2D eigenvalue weighted by atomic mass is 32.2. The van der Waals surface area contributed by atoms with Crippen molar-refractivity contribution in [2.24, 2.45) is 0 Å². The molecule has 1 aliphatic rings. The maximum atomic E-state index is 6.25. The molecule has 7 heteroatoms. The first-order valence-corrected chi connectivity index (χ1v) is 10.7. The highest BCUT2D eigenvalue weighted by Gasteiger charge is 2.26. The van der Waals surface area contributed by atoms with Gasteiger partial charge in [-0.25, -0.2) is 0 Å². The van der Waals surface area contributed by atoms with Crippen molar-refractivity contribution in [1.82, 2.24) is 15.2 Å². The van der Waals surface area contributed by atoms with Crippen LogP contribution in [0.25, 0.3) is 11.3 Å². The van der Waals surface area contributed by atoms with Gasteiger partial charge in [-0.2, -0.15) is 4.98 Å². The molecule has 0 bridgehead atoms. The van der Waals surface area contributed by atoms with E-state index < -0.39 is 0 Å². The summed E-state index contributed by atoms with van der Waals surface area (Å²) in [6, 6.07) is 22.3. The second-order valence-corrected chi connectivity index (χ2v) is 8.15. The lowest BCUT2D eigenvalue weighted by Crippen LogP contribution is -2.15. The summed E-state index contributed by atoms with van der Waals surface area (Å²) in [6.07, 6.45) is -0.314. The Labute approximate surface area is 170 Å². The summed E-state index contributed by atoms with van der Waals surface area (Å²) in [5, 5.41) is 14.9. The second-order valence-electron chi connectivity index (χ2n) is 6.23. The molecule has 138 valence electrons. The second kappa shape index (κ2) is 7.61. The van der Waals surface area contributed by atoms with Gasteiger partial charge < -0.3 is 10.1 Å². The van der Waals surface area contributed by atoms with Crippen LogP contribution >= 0.6 is 23.1 Å². The molecule has 3 heterocycles. The summed E-state index contributed by atoms with van der Waals surface area (Å²) in [6.45, 7) is 0. The Kier molecular flexibility index (Phi) is 4.68. The zero-order valence-electron chi connectivity index (χ0n) is 14.8. The molecule has 1 aliphatic heterocycles. The van der Waals surface area contributed by atoms with E-state index in [4.69, 9.17) is 4.74 Å². The summed E-state index contributed by atoms with van der Waals surface area (Å²) >= 11 is 3.19. The van der Waals surface area contributed by atoms with Crippen molar-refractivity contribution in [1.29, 1.82) is 0 Å². The van der Waals surface area contributed by atoms with Crippen LogP contribution in [0.5, 0.6) is 5.88 Å². The zero-order chi connectivity index (χ0) is 18.8. The molecule has 5 nitrogen and oxygen atoms in total. The Bertz CT molecular complexity index is 1090. The molecule has 0 saturated heterocycles. The summed E-state index contributed by atoms with van der Waals surface area (Å²) in [5.74, 6) is 1.28. The van der Waals surface area contributed by atoms with Crippen LogP contribution in [0.15, 0.2) is 77.3 Å². The molecular formula is C21H16N4OS2. The predicted octanol–water partition coefficient (Wildman–Crippen LogP) is 5.40. The smallest absolute Gasteiger partial charge is 0.247 e. The third-order valence-electron chi connectivity index (χ3n) is 4.35. The van der Waals surface area contributed by atoms with Gasteiger partial charge in [-0.15, -0.1) is 21.5 Å². The van der Waals surface area contributed by atoms with Crippen LogP contribution in [0.2, 0.25) is 0 Å². The van der Waals surface area contributed by atoms with E-state index in [1.54, 1.807) is 23.1 Å². The van der Waals surface area contributed by atoms with Crippen LogP contribution in [0, 0.1) is 0 Å². The molecule has 0 unspecified atom stereocenters. The molecule has 0 fully saturated rings. The normalized spacial score (nSPS) is 14.9. The van der Waals surface area contributed by atoms with Crippen LogP contribution in [-0.4, -0.2) is 15.2 Å². The number of aromatic nitrogens is 3. The fourth-order valence-corrected chi connectivity index (χ4v) is 4.44. The number of fused-ring (bicyclic) bond motifs is 3. The third kappa shape index (κ3) is 3.46. The van der Waals surface area contributed by atoms with Crippen molar-refractivity contribution < 1.29 is 4.74 Å². The number of thioether (sulfide) groups is 1. The van der Waals surface area contributed by atoms with Gasteiger partial charge in [-0.05, 0) is 23.1 Å². The van der Waals surface area contributed by atoms with Crippen molar-refractivity contribution in [2.45, 2.75) is 17.1 Å². The Morgan fingerprint density at radius 2 is 1.82 bits per heavy atom. The molecule has 1 N–H and O–H groups in total. The van der Waals surface area contributed by atoms with Crippen molar-refractivity contribution in [3.05, 3.63) is 82.6 Å². The molecular weight excluding hydrogens is 388 g/mol. The van der Waals surface area contributed by atoms with Gasteiger partial charge in [0, 0.05) is 17.0 Å². The van der Waals surface area contributed by atoms with Crippen LogP contribution < -0.4 is 10.1 Å². The molecule has 2 aromatic carbocycles. The fraction of sp³-hybridized carbons (Fsp3) is 0.0952. The lowest BCUT2D eigenvalue weighted by molar-refractivity contribution is 0.229. The van der Waals surface area contributed by atoms with Gasteiger partial charge in [0.05, 0.1) is 4.88 Å². The number of rotatable bonds is 4. The Morgan fingerprint density at radius 3 is 2.68 bits per heavy atom. The summed E-state index contributed by atoms with van der Waals surface area (Å²) < 4.78 is 6.25. The lowest BCUT2D eigenvalue weighted by Gasteiger charge is -2.17. The van der Waals surface area contributed by atoms with Gasteiger partial charge in [0.25, 0.3) is 0 Å². The van der Waals surface area contributed by atoms with Crippen molar-refractivity contribution in [2.75, 3.05) is 5.32 Å². The highest BCUT2D eigenvalue weighted by Crippen LogP contribution is 2.40. The molecule has 4 aromatic rings. The van der Waals surface area contributed by atoms with E-state index in [1.807, 2.05) is 53.9 Å². The topological polar surface area (TPSA) is 59.9 Å². The molecule has 5 rings (SSSR count). The number of hydrogen-bond donors (Lipinski definition) is 1. The van der Waals surface area contributed by atoms with Crippen LogP contribution in [0.3, 0.4) is 0 Å². The van der Waals surface area contributed by atoms with Crippen LogP contribution in [0.4, 0.5) is 5.69 Å². The van der Waals surface area contributed by atoms with Gasteiger partial charge in [0.1, 0.15) is 0 Å². The number of nitrogens with zero attached hydrogens (tertiary/aromatic N) is 3. The van der Waals surface area contributed by atoms with Crippen LogP contribution in [0.1, 0.15) is 16.7 Å². The molecule has 0 radical (unpaired) electrons. The average Bonchev–Trinajstić information content (AvgIpc) is 3.23. The highest BCUT2D eigenvalue weighted by molar-refractivity contribution is 7.98. The minimum absolute atomic E-state index is 0.314. The molecule has 0 spiro atoms. The summed E-state index contributed by atoms with van der Waals surface area (Å²) in [5.41, 5.74) is 3.78. The standard InChI is InChI=1S/C21H16N4OS2/c1-2-7-14(8-3-1)13-28-21-23-20-18(24-25-21)15-9-4-5-10-16(15)22-19(26-20)17-11-6-12-27-17/h1-12,19,22H,13H2/t19-/m0/s1. The minimum atomic E-state index is -0.314. The van der Waals surface area contributed by atoms with E-state index >= 15 is 0 Å². The number of benzene rings is 2. The van der Waals surface area contributed by atoms with Gasteiger partial charge in [-0.3, -0.25) is 0 Å². The lowest BCUT2D eigenvalue weighted by atomic mass is 10.1. The summed E-state index contributed by atoms with van der Waals surface area (Å²) in [7, 11) is 0. The maximum Gasteiger partial charge on any atom is 0.247 e. The van der Waals surface area contributed by atoms with E-state index in [0.29, 0.717) is 16.7 Å². The Balaban J connectivity index is 1.49. The van der Waals surface area contributed by atoms with E-state index in [-0.39, 0.29) is 6.23 Å². The Morgan fingerprint density at radius 1 is 0.964 bits per heavy atom. The van der Waals surface area contributed by atoms with Gasteiger partial charge in [0.15, 0.2) is 5.69 Å². The molecule has 2 aromatic heterocycles. The number of anilines is 1. The summed E-state index contributed by atoms with van der Waals surface area (Å²) in [4.78, 5) is 5.76. The monoisotopic (exact) mass is 404 g/mol. The quantitative estimate of drug-likeness (QED) is 0.460. The maximum absolute atomic E-state index is 6.25. The molecule has 28 heavy (non-hydrogen) atoms. The number of nitrogens with one attached hydrogen (secondary N) is 1. The first-order valence-electron chi connectivity index (χ1n) is 8.84. The number of ether oxygens (including phenoxy) is 1. The zero-order valence-corrected chi connectivity index (χ0v) is 16.4. The number of thiophene rings is 1. The number of para-hydroxylation sites is 1. The average molecular weight is 405 g/mol. The molecule has 0 saturated carbocycles. The van der Waals surface area contributed by atoms with E-state index in [9.17, 15) is 0 Å². The Hall–Kier alpha value is -2.90. The predicted molar refractivity (Wildman–Crippen MR) is 113 cm³/mol. The van der Waals surface area contributed by atoms with Crippen molar-refractivity contribution in [3.63, 3.8) is 0 Å². The SMILES string of the molecule is c1ccc(CSc2nnc3c(n2)O[C@@H](c2cccs2)Nc2ccccc2-3)cc1. The fourth-order valence-electron chi connectivity index (χ4n) is 3.00. The van der Waals surface area contributed by atoms with E-state index in [2.05, 4.69) is 38.7 Å². The minimum Gasteiger partial charge on any atom is -0.447 e.